The number of allylic oxidation sites excluding steroid dienone is 4. The average molecular weight is 250 g/mol. The molecule has 0 amide bonds. The van der Waals surface area contributed by atoms with Crippen LogP contribution in [0, 0.1) is 5.92 Å². The van der Waals surface area contributed by atoms with Gasteiger partial charge in [-0.15, -0.1) is 0 Å². The second-order valence-corrected chi connectivity index (χ2v) is 5.71. The summed E-state index contributed by atoms with van der Waals surface area (Å²) in [7, 11) is 0. The van der Waals surface area contributed by atoms with E-state index < -0.39 is 0 Å². The summed E-state index contributed by atoms with van der Waals surface area (Å²) in [5, 5.41) is 0. The van der Waals surface area contributed by atoms with E-state index in [1.807, 2.05) is 0 Å². The molecule has 1 heterocycles. The SMILES string of the molecule is CC(C)=CCC(CC=C(C)C)C1CCCC(=O)O1. The highest BCUT2D eigenvalue weighted by Gasteiger charge is 2.27. The molecule has 0 spiro atoms. The Bertz CT molecular complexity index is 311. The third-order valence-electron chi connectivity index (χ3n) is 3.34. The van der Waals surface area contributed by atoms with Crippen molar-refractivity contribution in [1.29, 1.82) is 0 Å². The Morgan fingerprint density at radius 2 is 1.78 bits per heavy atom. The second kappa shape index (κ2) is 7.40. The molecule has 1 saturated heterocycles. The lowest BCUT2D eigenvalue weighted by Gasteiger charge is -2.29. The number of carbonyl (C=O) groups excluding carboxylic acids is 1. The Balaban J connectivity index is 2.65. The average Bonchev–Trinajstić information content (AvgIpc) is 2.28. The van der Waals surface area contributed by atoms with Gasteiger partial charge < -0.3 is 4.74 Å². The first-order chi connectivity index (χ1) is 8.49. The summed E-state index contributed by atoms with van der Waals surface area (Å²) in [5.74, 6) is 0.407. The van der Waals surface area contributed by atoms with Crippen LogP contribution in [0.3, 0.4) is 0 Å². The lowest BCUT2D eigenvalue weighted by Crippen LogP contribution is -2.30. The highest BCUT2D eigenvalue weighted by atomic mass is 16.5. The summed E-state index contributed by atoms with van der Waals surface area (Å²) in [5.41, 5.74) is 2.67. The van der Waals surface area contributed by atoms with E-state index in [1.54, 1.807) is 0 Å². The first-order valence-electron chi connectivity index (χ1n) is 6.95. The van der Waals surface area contributed by atoms with Gasteiger partial charge in [-0.3, -0.25) is 4.79 Å². The van der Waals surface area contributed by atoms with Crippen molar-refractivity contribution in [3.05, 3.63) is 23.3 Å². The molecule has 0 aromatic carbocycles. The van der Waals surface area contributed by atoms with Gasteiger partial charge >= 0.3 is 5.97 Å². The van der Waals surface area contributed by atoms with E-state index in [4.69, 9.17) is 4.74 Å². The van der Waals surface area contributed by atoms with Crippen molar-refractivity contribution < 1.29 is 9.53 Å². The first kappa shape index (κ1) is 15.0. The summed E-state index contributed by atoms with van der Waals surface area (Å²) in [6.07, 6.45) is 9.21. The zero-order chi connectivity index (χ0) is 13.5. The van der Waals surface area contributed by atoms with Crippen molar-refractivity contribution >= 4 is 5.97 Å². The van der Waals surface area contributed by atoms with Crippen LogP contribution in [0.4, 0.5) is 0 Å². The van der Waals surface area contributed by atoms with Crippen LogP contribution in [0.1, 0.15) is 59.8 Å². The lowest BCUT2D eigenvalue weighted by atomic mass is 9.89. The van der Waals surface area contributed by atoms with Crippen LogP contribution in [0.25, 0.3) is 0 Å². The maximum absolute atomic E-state index is 11.4. The summed E-state index contributed by atoms with van der Waals surface area (Å²) < 4.78 is 5.52. The quantitative estimate of drug-likeness (QED) is 0.533. The Hall–Kier alpha value is -1.05. The zero-order valence-corrected chi connectivity index (χ0v) is 12.2. The Morgan fingerprint density at radius 1 is 1.22 bits per heavy atom. The third-order valence-corrected chi connectivity index (χ3v) is 3.34. The molecule has 2 heteroatoms. The molecule has 0 bridgehead atoms. The van der Waals surface area contributed by atoms with Gasteiger partial charge in [0.1, 0.15) is 6.10 Å². The molecule has 102 valence electrons. The van der Waals surface area contributed by atoms with Crippen LogP contribution in [0.5, 0.6) is 0 Å². The molecule has 2 nitrogen and oxygen atoms in total. The fourth-order valence-corrected chi connectivity index (χ4v) is 2.24. The topological polar surface area (TPSA) is 26.3 Å². The minimum atomic E-state index is -0.0225. The van der Waals surface area contributed by atoms with Crippen LogP contribution < -0.4 is 0 Å². The predicted octanol–water partition coefficient (Wildman–Crippen LogP) is 4.41. The smallest absolute Gasteiger partial charge is 0.306 e. The Morgan fingerprint density at radius 3 is 2.22 bits per heavy atom. The number of rotatable bonds is 5. The minimum Gasteiger partial charge on any atom is -0.462 e. The van der Waals surface area contributed by atoms with Crippen molar-refractivity contribution in [2.75, 3.05) is 0 Å². The van der Waals surface area contributed by atoms with Crippen molar-refractivity contribution in [2.24, 2.45) is 5.92 Å². The van der Waals surface area contributed by atoms with Gasteiger partial charge in [-0.2, -0.15) is 0 Å². The van der Waals surface area contributed by atoms with E-state index in [2.05, 4.69) is 39.8 Å². The van der Waals surface area contributed by atoms with E-state index in [1.165, 1.54) is 11.1 Å². The zero-order valence-electron chi connectivity index (χ0n) is 12.2. The number of cyclic esters (lactones) is 1. The van der Waals surface area contributed by atoms with E-state index in [0.29, 0.717) is 12.3 Å². The molecule has 0 saturated carbocycles. The van der Waals surface area contributed by atoms with Gasteiger partial charge in [0.25, 0.3) is 0 Å². The molecule has 1 aliphatic heterocycles. The number of ether oxygens (including phenoxy) is 1. The molecule has 0 aliphatic carbocycles. The van der Waals surface area contributed by atoms with Gasteiger partial charge in [-0.1, -0.05) is 23.3 Å². The van der Waals surface area contributed by atoms with Gasteiger partial charge in [-0.25, -0.2) is 0 Å². The van der Waals surface area contributed by atoms with Gasteiger partial charge in [0.2, 0.25) is 0 Å². The molecule has 1 aliphatic rings. The fourth-order valence-electron chi connectivity index (χ4n) is 2.24. The molecule has 1 unspecified atom stereocenters. The fraction of sp³-hybridized carbons (Fsp3) is 0.688. The van der Waals surface area contributed by atoms with Crippen LogP contribution in [0.2, 0.25) is 0 Å². The van der Waals surface area contributed by atoms with E-state index in [9.17, 15) is 4.79 Å². The van der Waals surface area contributed by atoms with Gasteiger partial charge in [-0.05, 0) is 53.4 Å². The maximum Gasteiger partial charge on any atom is 0.306 e. The number of esters is 1. The van der Waals surface area contributed by atoms with Crippen molar-refractivity contribution in [1.82, 2.24) is 0 Å². The minimum absolute atomic E-state index is 0.0225. The molecule has 1 atom stereocenters. The van der Waals surface area contributed by atoms with Crippen molar-refractivity contribution in [3.8, 4) is 0 Å². The van der Waals surface area contributed by atoms with Crippen molar-refractivity contribution in [3.63, 3.8) is 0 Å². The summed E-state index contributed by atoms with van der Waals surface area (Å²) in [4.78, 5) is 11.4. The summed E-state index contributed by atoms with van der Waals surface area (Å²) in [6.45, 7) is 8.46. The molecule has 0 radical (unpaired) electrons. The Kier molecular flexibility index (Phi) is 6.17. The molecule has 0 aromatic heterocycles. The van der Waals surface area contributed by atoms with Gasteiger partial charge in [0.15, 0.2) is 0 Å². The summed E-state index contributed by atoms with van der Waals surface area (Å²) in [6, 6.07) is 0. The third kappa shape index (κ3) is 5.52. The highest BCUT2D eigenvalue weighted by molar-refractivity contribution is 5.70. The first-order valence-corrected chi connectivity index (χ1v) is 6.95. The van der Waals surface area contributed by atoms with Crippen LogP contribution in [0.15, 0.2) is 23.3 Å². The number of hydrogen-bond donors (Lipinski definition) is 0. The van der Waals surface area contributed by atoms with Crippen LogP contribution in [-0.2, 0) is 9.53 Å². The van der Waals surface area contributed by atoms with Crippen LogP contribution >= 0.6 is 0 Å². The molecular formula is C16H26O2. The second-order valence-electron chi connectivity index (χ2n) is 5.71. The number of carbonyl (C=O) groups is 1. The highest BCUT2D eigenvalue weighted by Crippen LogP contribution is 2.27. The van der Waals surface area contributed by atoms with Gasteiger partial charge in [0.05, 0.1) is 0 Å². The molecule has 18 heavy (non-hydrogen) atoms. The largest absolute Gasteiger partial charge is 0.462 e. The number of hydrogen-bond acceptors (Lipinski definition) is 2. The van der Waals surface area contributed by atoms with E-state index in [-0.39, 0.29) is 12.1 Å². The summed E-state index contributed by atoms with van der Waals surface area (Å²) >= 11 is 0. The van der Waals surface area contributed by atoms with Crippen LogP contribution in [-0.4, -0.2) is 12.1 Å². The molecule has 0 N–H and O–H groups in total. The Labute approximate surface area is 111 Å². The lowest BCUT2D eigenvalue weighted by molar-refractivity contribution is -0.157. The standard InChI is InChI=1S/C16H26O2/c1-12(2)8-10-14(11-9-13(3)4)15-6-5-7-16(17)18-15/h8-9,14-15H,5-7,10-11H2,1-4H3. The predicted molar refractivity (Wildman–Crippen MR) is 75.3 cm³/mol. The molecule has 1 rings (SSSR count). The molecule has 0 aromatic rings. The molecular weight excluding hydrogens is 224 g/mol. The monoisotopic (exact) mass is 250 g/mol. The van der Waals surface area contributed by atoms with E-state index >= 15 is 0 Å². The normalized spacial score (nSPS) is 19.4. The van der Waals surface area contributed by atoms with E-state index in [0.717, 1.165) is 25.7 Å². The molecule has 1 fully saturated rings. The maximum atomic E-state index is 11.4. The van der Waals surface area contributed by atoms with Gasteiger partial charge in [0, 0.05) is 12.3 Å². The van der Waals surface area contributed by atoms with Crippen molar-refractivity contribution in [2.45, 2.75) is 65.9 Å².